The number of benzene rings is 1. The number of aryl methyl sites for hydroxylation is 1. The molecular formula is C13H19N3O3. The van der Waals surface area contributed by atoms with Crippen LogP contribution in [0.1, 0.15) is 18.9 Å². The third kappa shape index (κ3) is 2.86. The Morgan fingerprint density at radius 2 is 2.11 bits per heavy atom. The number of aliphatic hydroxyl groups is 3. The molecule has 1 heterocycles. The second kappa shape index (κ2) is 5.56. The van der Waals surface area contributed by atoms with Crippen LogP contribution in [0.25, 0.3) is 11.0 Å². The molecule has 0 radical (unpaired) electrons. The van der Waals surface area contributed by atoms with Gasteiger partial charge in [-0.25, -0.2) is 4.98 Å². The fraction of sp³-hybridized carbons (Fsp3) is 0.462. The van der Waals surface area contributed by atoms with Crippen molar-refractivity contribution in [2.24, 2.45) is 7.05 Å². The van der Waals surface area contributed by atoms with Crippen LogP contribution in [0.3, 0.4) is 0 Å². The molecule has 0 aliphatic carbocycles. The van der Waals surface area contributed by atoms with Crippen LogP contribution in [0.15, 0.2) is 18.2 Å². The number of nitrogens with one attached hydrogen (secondary N) is 1. The highest BCUT2D eigenvalue weighted by atomic mass is 16.3. The molecule has 1 aromatic carbocycles. The van der Waals surface area contributed by atoms with Crippen LogP contribution in [0.4, 0.5) is 5.69 Å². The van der Waals surface area contributed by atoms with E-state index in [4.69, 9.17) is 5.11 Å². The van der Waals surface area contributed by atoms with Crippen LogP contribution < -0.4 is 5.32 Å². The number of hydrogen-bond acceptors (Lipinski definition) is 5. The second-order valence-electron chi connectivity index (χ2n) is 4.63. The second-order valence-corrected chi connectivity index (χ2v) is 4.63. The lowest BCUT2D eigenvalue weighted by molar-refractivity contribution is 0.105. The number of aromatic nitrogens is 2. The number of anilines is 1. The van der Waals surface area contributed by atoms with E-state index in [0.29, 0.717) is 5.82 Å². The van der Waals surface area contributed by atoms with Crippen molar-refractivity contribution in [1.29, 1.82) is 0 Å². The summed E-state index contributed by atoms with van der Waals surface area (Å²) in [7, 11) is 1.86. The van der Waals surface area contributed by atoms with Gasteiger partial charge in [0.15, 0.2) is 0 Å². The van der Waals surface area contributed by atoms with Gasteiger partial charge in [-0.2, -0.15) is 0 Å². The van der Waals surface area contributed by atoms with E-state index in [9.17, 15) is 10.2 Å². The van der Waals surface area contributed by atoms with Gasteiger partial charge < -0.3 is 25.2 Å². The summed E-state index contributed by atoms with van der Waals surface area (Å²) in [6.45, 7) is 1.68. The SMILES string of the molecule is CC(O)c1nc2cc(NCC(O)CO)ccc2n1C. The molecule has 0 aliphatic heterocycles. The first kappa shape index (κ1) is 13.8. The average molecular weight is 265 g/mol. The Kier molecular flexibility index (Phi) is 4.04. The maximum absolute atomic E-state index is 9.62. The molecule has 19 heavy (non-hydrogen) atoms. The molecule has 4 N–H and O–H groups in total. The van der Waals surface area contributed by atoms with Crippen molar-refractivity contribution >= 4 is 16.7 Å². The van der Waals surface area contributed by atoms with Gasteiger partial charge in [0.25, 0.3) is 0 Å². The summed E-state index contributed by atoms with van der Waals surface area (Å²) in [5.41, 5.74) is 2.53. The predicted molar refractivity (Wildman–Crippen MR) is 72.9 cm³/mol. The van der Waals surface area contributed by atoms with Crippen molar-refractivity contribution in [3.63, 3.8) is 0 Å². The molecule has 0 amide bonds. The van der Waals surface area contributed by atoms with Gasteiger partial charge in [-0.1, -0.05) is 0 Å². The summed E-state index contributed by atoms with van der Waals surface area (Å²) in [5.74, 6) is 0.613. The highest BCUT2D eigenvalue weighted by Gasteiger charge is 2.12. The van der Waals surface area contributed by atoms with Crippen molar-refractivity contribution in [2.75, 3.05) is 18.5 Å². The fourth-order valence-corrected chi connectivity index (χ4v) is 2.00. The number of nitrogens with zero attached hydrogens (tertiary/aromatic N) is 2. The van der Waals surface area contributed by atoms with Gasteiger partial charge in [0.1, 0.15) is 11.9 Å². The van der Waals surface area contributed by atoms with E-state index in [1.807, 2.05) is 29.8 Å². The predicted octanol–water partition coefficient (Wildman–Crippen LogP) is 0.392. The molecule has 6 nitrogen and oxygen atoms in total. The first-order valence-corrected chi connectivity index (χ1v) is 6.20. The molecule has 2 aromatic rings. The highest BCUT2D eigenvalue weighted by Crippen LogP contribution is 2.22. The Balaban J connectivity index is 2.26. The minimum Gasteiger partial charge on any atom is -0.394 e. The fourth-order valence-electron chi connectivity index (χ4n) is 2.00. The van der Waals surface area contributed by atoms with Gasteiger partial charge >= 0.3 is 0 Å². The van der Waals surface area contributed by atoms with E-state index in [0.717, 1.165) is 16.7 Å². The molecule has 6 heteroatoms. The molecular weight excluding hydrogens is 246 g/mol. The summed E-state index contributed by atoms with van der Waals surface area (Å²) in [6.07, 6.45) is -1.41. The lowest BCUT2D eigenvalue weighted by Crippen LogP contribution is -2.22. The van der Waals surface area contributed by atoms with Crippen LogP contribution in [0.2, 0.25) is 0 Å². The minimum absolute atomic E-state index is 0.273. The van der Waals surface area contributed by atoms with E-state index in [-0.39, 0.29) is 13.2 Å². The average Bonchev–Trinajstić information content (AvgIpc) is 2.73. The number of aliphatic hydroxyl groups excluding tert-OH is 3. The van der Waals surface area contributed by atoms with Gasteiger partial charge in [0.2, 0.25) is 0 Å². The molecule has 0 saturated heterocycles. The molecule has 0 aliphatic rings. The summed E-state index contributed by atoms with van der Waals surface area (Å²) < 4.78 is 1.85. The molecule has 0 bridgehead atoms. The summed E-state index contributed by atoms with van der Waals surface area (Å²) in [6, 6.07) is 5.63. The summed E-state index contributed by atoms with van der Waals surface area (Å²) in [4.78, 5) is 4.38. The van der Waals surface area contributed by atoms with Gasteiger partial charge in [-0.3, -0.25) is 0 Å². The molecule has 2 unspecified atom stereocenters. The molecule has 104 valence electrons. The third-order valence-electron chi connectivity index (χ3n) is 3.04. The van der Waals surface area contributed by atoms with E-state index < -0.39 is 12.2 Å². The lowest BCUT2D eigenvalue weighted by atomic mass is 10.2. The molecule has 0 spiro atoms. The van der Waals surface area contributed by atoms with Crippen LogP contribution in [0, 0.1) is 0 Å². The van der Waals surface area contributed by atoms with Crippen molar-refractivity contribution < 1.29 is 15.3 Å². The van der Waals surface area contributed by atoms with Crippen LogP contribution >= 0.6 is 0 Å². The van der Waals surface area contributed by atoms with Crippen molar-refractivity contribution in [2.45, 2.75) is 19.1 Å². The van der Waals surface area contributed by atoms with Crippen LogP contribution in [-0.4, -0.2) is 44.1 Å². The smallest absolute Gasteiger partial charge is 0.138 e. The molecule has 2 atom stereocenters. The summed E-state index contributed by atoms with van der Waals surface area (Å²) >= 11 is 0. The Hall–Kier alpha value is -1.63. The van der Waals surface area contributed by atoms with Crippen molar-refractivity contribution in [3.8, 4) is 0 Å². The Bertz CT molecular complexity index is 566. The Labute approximate surface area is 111 Å². The number of imidazole rings is 1. The van der Waals surface area contributed by atoms with Crippen molar-refractivity contribution in [3.05, 3.63) is 24.0 Å². The third-order valence-corrected chi connectivity index (χ3v) is 3.04. The van der Waals surface area contributed by atoms with E-state index in [1.165, 1.54) is 0 Å². The lowest BCUT2D eigenvalue weighted by Gasteiger charge is -2.10. The van der Waals surface area contributed by atoms with E-state index >= 15 is 0 Å². The standard InChI is InChI=1S/C13H19N3O3/c1-8(18)13-15-11-5-9(14-6-10(19)7-17)3-4-12(11)16(13)2/h3-5,8,10,14,17-19H,6-7H2,1-2H3. The first-order chi connectivity index (χ1) is 9.02. The van der Waals surface area contributed by atoms with E-state index in [1.54, 1.807) is 6.92 Å². The minimum atomic E-state index is -0.785. The van der Waals surface area contributed by atoms with Gasteiger partial charge in [0, 0.05) is 19.3 Å². The maximum atomic E-state index is 9.62. The maximum Gasteiger partial charge on any atom is 0.138 e. The molecule has 2 rings (SSSR count). The zero-order valence-electron chi connectivity index (χ0n) is 11.0. The number of fused-ring (bicyclic) bond motifs is 1. The molecule has 0 fully saturated rings. The van der Waals surface area contributed by atoms with Crippen molar-refractivity contribution in [1.82, 2.24) is 9.55 Å². The monoisotopic (exact) mass is 265 g/mol. The summed E-state index contributed by atoms with van der Waals surface area (Å²) in [5, 5.41) is 30.7. The normalized spacial score (nSPS) is 14.6. The van der Waals surface area contributed by atoms with Crippen LogP contribution in [0.5, 0.6) is 0 Å². The zero-order chi connectivity index (χ0) is 14.0. The number of rotatable bonds is 5. The highest BCUT2D eigenvalue weighted by molar-refractivity contribution is 5.80. The largest absolute Gasteiger partial charge is 0.394 e. The first-order valence-electron chi connectivity index (χ1n) is 6.20. The van der Waals surface area contributed by atoms with E-state index in [2.05, 4.69) is 10.3 Å². The quantitative estimate of drug-likeness (QED) is 0.628. The van der Waals surface area contributed by atoms with Gasteiger partial charge in [-0.05, 0) is 25.1 Å². The topological polar surface area (TPSA) is 90.5 Å². The Morgan fingerprint density at radius 3 is 2.74 bits per heavy atom. The zero-order valence-corrected chi connectivity index (χ0v) is 11.0. The van der Waals surface area contributed by atoms with Gasteiger partial charge in [-0.15, -0.1) is 0 Å². The number of hydrogen-bond donors (Lipinski definition) is 4. The molecule has 0 saturated carbocycles. The molecule has 1 aromatic heterocycles. The van der Waals surface area contributed by atoms with Gasteiger partial charge in [0.05, 0.1) is 23.7 Å². The van der Waals surface area contributed by atoms with Crippen LogP contribution in [-0.2, 0) is 7.05 Å². The Morgan fingerprint density at radius 1 is 1.37 bits per heavy atom.